The molecule has 1 N–H and O–H groups in total. The first kappa shape index (κ1) is 23.0. The number of amides is 1. The van der Waals surface area contributed by atoms with Gasteiger partial charge in [-0.05, 0) is 67.6 Å². The van der Waals surface area contributed by atoms with Crippen molar-refractivity contribution in [3.63, 3.8) is 0 Å². The monoisotopic (exact) mass is 470 g/mol. The lowest BCUT2D eigenvalue weighted by molar-refractivity contribution is -0.117. The number of nitrogens with one attached hydrogen (secondary N) is 1. The lowest BCUT2D eigenvalue weighted by atomic mass is 9.89. The molecule has 1 aliphatic heterocycles. The highest BCUT2D eigenvalue weighted by molar-refractivity contribution is 6.16. The van der Waals surface area contributed by atoms with Gasteiger partial charge >= 0.3 is 0 Å². The number of rotatable bonds is 7. The maximum absolute atomic E-state index is 13.3. The summed E-state index contributed by atoms with van der Waals surface area (Å²) in [5.74, 6) is 2.02. The summed E-state index contributed by atoms with van der Waals surface area (Å²) in [7, 11) is 3.28. The van der Waals surface area contributed by atoms with E-state index in [-0.39, 0.29) is 12.0 Å². The molecule has 2 aliphatic rings. The maximum Gasteiger partial charge on any atom is 0.249 e. The molecular formula is C29H30N2O4. The molecule has 0 saturated heterocycles. The predicted octanol–water partition coefficient (Wildman–Crippen LogP) is 5.43. The van der Waals surface area contributed by atoms with Gasteiger partial charge in [-0.1, -0.05) is 30.3 Å². The van der Waals surface area contributed by atoms with Gasteiger partial charge in [0.05, 0.1) is 26.0 Å². The second kappa shape index (κ2) is 10.2. The van der Waals surface area contributed by atoms with Gasteiger partial charge < -0.3 is 19.5 Å². The lowest BCUT2D eigenvalue weighted by Crippen LogP contribution is -2.33. The van der Waals surface area contributed by atoms with Crippen LogP contribution in [0.15, 0.2) is 71.7 Å². The average molecular weight is 471 g/mol. The summed E-state index contributed by atoms with van der Waals surface area (Å²) in [6.07, 6.45) is 5.20. The Labute approximate surface area is 205 Å². The number of hydrogen-bond acceptors (Lipinski definition) is 5. The van der Waals surface area contributed by atoms with E-state index in [4.69, 9.17) is 19.2 Å². The molecule has 0 radical (unpaired) electrons. The highest BCUT2D eigenvalue weighted by atomic mass is 16.5. The molecule has 0 spiro atoms. The SMILES string of the molecule is COc1ccc(NC(=O)C2Cc3cc(OC4CCCC4)c(OC)cc3C(c3ccccc3)=N2)cc1. The zero-order valence-electron chi connectivity index (χ0n) is 20.1. The van der Waals surface area contributed by atoms with Crippen molar-refractivity contribution in [2.45, 2.75) is 44.2 Å². The van der Waals surface area contributed by atoms with Gasteiger partial charge in [-0.15, -0.1) is 0 Å². The van der Waals surface area contributed by atoms with Gasteiger partial charge in [0.2, 0.25) is 5.91 Å². The Morgan fingerprint density at radius 1 is 0.914 bits per heavy atom. The van der Waals surface area contributed by atoms with E-state index >= 15 is 0 Å². The highest BCUT2D eigenvalue weighted by Crippen LogP contribution is 2.37. The summed E-state index contributed by atoms with van der Waals surface area (Å²) in [6.45, 7) is 0. The molecule has 1 fully saturated rings. The van der Waals surface area contributed by atoms with E-state index in [0.29, 0.717) is 17.9 Å². The van der Waals surface area contributed by atoms with Crippen molar-refractivity contribution in [1.29, 1.82) is 0 Å². The van der Waals surface area contributed by atoms with Crippen LogP contribution in [0.25, 0.3) is 0 Å². The maximum atomic E-state index is 13.3. The standard InChI is InChI=1S/C29H30N2O4/c1-33-22-14-12-21(13-15-22)30-29(32)25-16-20-17-27(35-23-10-6-7-11-23)26(34-2)18-24(20)28(31-25)19-8-4-3-5-9-19/h3-5,8-9,12-15,17-18,23,25H,6-7,10-11,16H2,1-2H3,(H,30,32). The van der Waals surface area contributed by atoms with Crippen molar-refractivity contribution in [2.24, 2.45) is 4.99 Å². The molecule has 35 heavy (non-hydrogen) atoms. The third kappa shape index (κ3) is 5.02. The van der Waals surface area contributed by atoms with Crippen molar-refractivity contribution in [3.8, 4) is 17.2 Å². The van der Waals surface area contributed by atoms with E-state index in [2.05, 4.69) is 5.32 Å². The minimum Gasteiger partial charge on any atom is -0.497 e. The quantitative estimate of drug-likeness (QED) is 0.500. The molecule has 1 atom stereocenters. The summed E-state index contributed by atoms with van der Waals surface area (Å²) < 4.78 is 17.3. The first-order valence-electron chi connectivity index (χ1n) is 12.1. The van der Waals surface area contributed by atoms with Crippen LogP contribution in [0.3, 0.4) is 0 Å². The van der Waals surface area contributed by atoms with Crippen molar-refractivity contribution in [2.75, 3.05) is 19.5 Å². The molecule has 5 rings (SSSR count). The number of fused-ring (bicyclic) bond motifs is 1. The molecule has 6 heteroatoms. The summed E-state index contributed by atoms with van der Waals surface area (Å²) in [4.78, 5) is 18.2. The van der Waals surface area contributed by atoms with E-state index in [0.717, 1.165) is 46.7 Å². The Kier molecular flexibility index (Phi) is 6.70. The zero-order chi connectivity index (χ0) is 24.2. The van der Waals surface area contributed by atoms with Gasteiger partial charge in [0, 0.05) is 23.2 Å². The Bertz CT molecular complexity index is 1220. The fourth-order valence-corrected chi connectivity index (χ4v) is 4.79. The van der Waals surface area contributed by atoms with Crippen LogP contribution in [0, 0.1) is 0 Å². The van der Waals surface area contributed by atoms with Crippen LogP contribution in [0.2, 0.25) is 0 Å². The third-order valence-electron chi connectivity index (χ3n) is 6.65. The summed E-state index contributed by atoms with van der Waals surface area (Å²) >= 11 is 0. The Morgan fingerprint density at radius 2 is 1.66 bits per heavy atom. The van der Waals surface area contributed by atoms with Crippen LogP contribution in [-0.4, -0.2) is 38.0 Å². The molecule has 3 aromatic rings. The first-order chi connectivity index (χ1) is 17.1. The van der Waals surface area contributed by atoms with E-state index in [1.165, 1.54) is 12.8 Å². The molecule has 3 aromatic carbocycles. The van der Waals surface area contributed by atoms with Crippen molar-refractivity contribution < 1.29 is 19.0 Å². The lowest BCUT2D eigenvalue weighted by Gasteiger charge is -2.26. The second-order valence-electron chi connectivity index (χ2n) is 8.97. The number of benzene rings is 3. The molecule has 1 saturated carbocycles. The van der Waals surface area contributed by atoms with Crippen LogP contribution < -0.4 is 19.5 Å². The van der Waals surface area contributed by atoms with Gasteiger partial charge in [0.25, 0.3) is 0 Å². The van der Waals surface area contributed by atoms with Crippen LogP contribution in [0.1, 0.15) is 42.4 Å². The van der Waals surface area contributed by atoms with E-state index in [1.807, 2.05) is 66.7 Å². The fraction of sp³-hybridized carbons (Fsp3) is 0.310. The van der Waals surface area contributed by atoms with Crippen LogP contribution in [0.5, 0.6) is 17.2 Å². The predicted molar refractivity (Wildman–Crippen MR) is 137 cm³/mol. The number of carbonyl (C=O) groups is 1. The van der Waals surface area contributed by atoms with Gasteiger partial charge in [-0.3, -0.25) is 9.79 Å². The molecule has 1 aliphatic carbocycles. The minimum absolute atomic E-state index is 0.150. The van der Waals surface area contributed by atoms with Gasteiger partial charge in [0.15, 0.2) is 11.5 Å². The van der Waals surface area contributed by atoms with Crippen LogP contribution in [-0.2, 0) is 11.2 Å². The summed E-state index contributed by atoms with van der Waals surface area (Å²) in [6, 6.07) is 20.7. The largest absolute Gasteiger partial charge is 0.497 e. The summed E-state index contributed by atoms with van der Waals surface area (Å²) in [5.41, 5.74) is 4.45. The van der Waals surface area contributed by atoms with Crippen LogP contribution in [0.4, 0.5) is 5.69 Å². The Balaban J connectivity index is 1.49. The van der Waals surface area contributed by atoms with Crippen molar-refractivity contribution in [3.05, 3.63) is 83.4 Å². The van der Waals surface area contributed by atoms with E-state index < -0.39 is 6.04 Å². The van der Waals surface area contributed by atoms with E-state index in [1.54, 1.807) is 14.2 Å². The van der Waals surface area contributed by atoms with Gasteiger partial charge in [-0.25, -0.2) is 0 Å². The van der Waals surface area contributed by atoms with Gasteiger partial charge in [-0.2, -0.15) is 0 Å². The second-order valence-corrected chi connectivity index (χ2v) is 8.97. The molecule has 1 amide bonds. The normalized spacial score (nSPS) is 17.3. The van der Waals surface area contributed by atoms with Crippen LogP contribution >= 0.6 is 0 Å². The smallest absolute Gasteiger partial charge is 0.249 e. The molecule has 180 valence electrons. The number of carbonyl (C=O) groups excluding carboxylic acids is 1. The topological polar surface area (TPSA) is 69.2 Å². The first-order valence-corrected chi connectivity index (χ1v) is 12.1. The molecule has 0 aromatic heterocycles. The zero-order valence-corrected chi connectivity index (χ0v) is 20.1. The van der Waals surface area contributed by atoms with Crippen molar-refractivity contribution >= 4 is 17.3 Å². The molecule has 1 unspecified atom stereocenters. The fourth-order valence-electron chi connectivity index (χ4n) is 4.79. The number of aliphatic imine (C=N–C) groups is 1. The number of nitrogens with zero attached hydrogens (tertiary/aromatic N) is 1. The number of methoxy groups -OCH3 is 2. The molecular weight excluding hydrogens is 440 g/mol. The van der Waals surface area contributed by atoms with Crippen molar-refractivity contribution in [1.82, 2.24) is 0 Å². The highest BCUT2D eigenvalue weighted by Gasteiger charge is 2.29. The Morgan fingerprint density at radius 3 is 2.34 bits per heavy atom. The summed E-state index contributed by atoms with van der Waals surface area (Å²) in [5, 5.41) is 3.00. The molecule has 6 nitrogen and oxygen atoms in total. The Hall–Kier alpha value is -3.80. The molecule has 0 bridgehead atoms. The van der Waals surface area contributed by atoms with Gasteiger partial charge in [0.1, 0.15) is 11.8 Å². The third-order valence-corrected chi connectivity index (χ3v) is 6.65. The minimum atomic E-state index is -0.562. The number of hydrogen-bond donors (Lipinski definition) is 1. The molecule has 1 heterocycles. The number of ether oxygens (including phenoxy) is 3. The number of anilines is 1. The average Bonchev–Trinajstić information content (AvgIpc) is 3.41. The van der Waals surface area contributed by atoms with E-state index in [9.17, 15) is 4.79 Å².